The summed E-state index contributed by atoms with van der Waals surface area (Å²) in [6, 6.07) is 24.2. The van der Waals surface area contributed by atoms with Gasteiger partial charge in [0, 0.05) is 11.8 Å². The van der Waals surface area contributed by atoms with Crippen molar-refractivity contribution >= 4 is 43.6 Å². The molecule has 0 aliphatic carbocycles. The Kier molecular flexibility index (Phi) is 9.99. The monoisotopic (exact) mass is 620 g/mol. The minimum atomic E-state index is -2.44. The number of carboxylic acid groups (broad SMARTS) is 1. The van der Waals surface area contributed by atoms with Crippen molar-refractivity contribution in [2.24, 2.45) is 0 Å². The van der Waals surface area contributed by atoms with Crippen molar-refractivity contribution in [3.05, 3.63) is 107 Å². The molecule has 222 valence electrons. The maximum absolute atomic E-state index is 13.2. The first kappa shape index (κ1) is 30.6. The van der Waals surface area contributed by atoms with Gasteiger partial charge in [0.05, 0.1) is 11.1 Å². The van der Waals surface area contributed by atoms with Gasteiger partial charge in [-0.2, -0.15) is 0 Å². The van der Waals surface area contributed by atoms with Crippen molar-refractivity contribution in [1.82, 2.24) is 14.9 Å². The zero-order chi connectivity index (χ0) is 30.3. The Balaban J connectivity index is 1.18. The van der Waals surface area contributed by atoms with Crippen molar-refractivity contribution in [2.75, 3.05) is 18.9 Å². The molecule has 12 heteroatoms. The number of imide groups is 1. The predicted molar refractivity (Wildman–Crippen MR) is 162 cm³/mol. The number of nitrogens with one attached hydrogen (secondary N) is 1. The van der Waals surface area contributed by atoms with Crippen LogP contribution in [-0.4, -0.2) is 69.6 Å². The minimum absolute atomic E-state index is 0.0657. The van der Waals surface area contributed by atoms with Gasteiger partial charge in [0.15, 0.2) is 0 Å². The summed E-state index contributed by atoms with van der Waals surface area (Å²) in [4.78, 5) is 53.7. The molecule has 1 fully saturated rings. The van der Waals surface area contributed by atoms with Crippen LogP contribution < -0.4 is 5.09 Å². The number of fused-ring (bicyclic) bond motifs is 1. The number of aliphatic carboxylic acids is 1. The molecule has 2 aliphatic rings. The van der Waals surface area contributed by atoms with Gasteiger partial charge in [-0.3, -0.25) is 24.1 Å². The van der Waals surface area contributed by atoms with Gasteiger partial charge < -0.3 is 10.0 Å². The molecule has 10 nitrogen and oxygen atoms in total. The molecule has 2 heterocycles. The van der Waals surface area contributed by atoms with E-state index in [-0.39, 0.29) is 24.2 Å². The summed E-state index contributed by atoms with van der Waals surface area (Å²) < 4.78 is 18.3. The molecular formula is C31H31N3O7PS+. The average molecular weight is 621 g/mol. The van der Waals surface area contributed by atoms with Crippen molar-refractivity contribution in [2.45, 2.75) is 36.7 Å². The van der Waals surface area contributed by atoms with Gasteiger partial charge in [0.25, 0.3) is 11.8 Å². The van der Waals surface area contributed by atoms with Crippen LogP contribution >= 0.6 is 19.9 Å². The van der Waals surface area contributed by atoms with Crippen LogP contribution in [0.5, 0.6) is 0 Å². The van der Waals surface area contributed by atoms with Crippen LogP contribution in [0.3, 0.4) is 0 Å². The molecule has 5 rings (SSSR count). The highest BCUT2D eigenvalue weighted by Crippen LogP contribution is 2.38. The predicted octanol–water partition coefficient (Wildman–Crippen LogP) is 4.67. The summed E-state index contributed by atoms with van der Waals surface area (Å²) in [6.45, 7) is -0.419. The lowest BCUT2D eigenvalue weighted by atomic mass is 10.0. The second-order valence-corrected chi connectivity index (χ2v) is 12.4. The van der Waals surface area contributed by atoms with E-state index in [4.69, 9.17) is 4.52 Å². The van der Waals surface area contributed by atoms with Gasteiger partial charge >= 0.3 is 14.1 Å². The van der Waals surface area contributed by atoms with Gasteiger partial charge in [0.1, 0.15) is 24.6 Å². The van der Waals surface area contributed by atoms with E-state index >= 15 is 0 Å². The molecule has 4 unspecified atom stereocenters. The molecule has 0 aromatic heterocycles. The lowest BCUT2D eigenvalue weighted by molar-refractivity contribution is -0.145. The van der Waals surface area contributed by atoms with E-state index in [0.717, 1.165) is 11.1 Å². The molecule has 3 amide bonds. The number of nitrogens with zero attached hydrogens (tertiary/aromatic N) is 2. The Morgan fingerprint density at radius 3 is 2.19 bits per heavy atom. The Hall–Kier alpha value is -3.89. The maximum Gasteiger partial charge on any atom is 0.613 e. The van der Waals surface area contributed by atoms with Crippen molar-refractivity contribution in [3.63, 3.8) is 0 Å². The summed E-state index contributed by atoms with van der Waals surface area (Å²) in [5, 5.41) is 11.7. The molecule has 3 aromatic carbocycles. The smallest absolute Gasteiger partial charge is 0.480 e. The molecule has 2 N–H and O–H groups in total. The van der Waals surface area contributed by atoms with E-state index in [1.54, 1.807) is 24.3 Å². The fraction of sp³-hybridized carbons (Fsp3) is 0.290. The Morgan fingerprint density at radius 2 is 1.56 bits per heavy atom. The topological polar surface area (TPSA) is 133 Å². The summed E-state index contributed by atoms with van der Waals surface area (Å²) in [5.41, 5.74) is 2.56. The third-order valence-corrected chi connectivity index (χ3v) is 9.64. The van der Waals surface area contributed by atoms with E-state index in [2.05, 4.69) is 5.09 Å². The van der Waals surface area contributed by atoms with Crippen molar-refractivity contribution in [1.29, 1.82) is 0 Å². The molecular weight excluding hydrogens is 589 g/mol. The molecule has 43 heavy (non-hydrogen) atoms. The third-order valence-electron chi connectivity index (χ3n) is 7.33. The number of hydrogen-bond donors (Lipinski definition) is 2. The Bertz CT molecular complexity index is 1470. The van der Waals surface area contributed by atoms with Crippen LogP contribution in [0.1, 0.15) is 50.1 Å². The van der Waals surface area contributed by atoms with Crippen LogP contribution in [0.2, 0.25) is 0 Å². The quantitative estimate of drug-likeness (QED) is 0.159. The molecule has 1 saturated heterocycles. The number of carbonyl (C=O) groups excluding carboxylic acids is 3. The van der Waals surface area contributed by atoms with E-state index in [1.807, 2.05) is 60.7 Å². The molecule has 3 aromatic rings. The number of hydrogen-bond acceptors (Lipinski definition) is 7. The lowest BCUT2D eigenvalue weighted by Gasteiger charge is -2.36. The van der Waals surface area contributed by atoms with E-state index in [9.17, 15) is 28.8 Å². The van der Waals surface area contributed by atoms with E-state index in [0.29, 0.717) is 30.4 Å². The summed E-state index contributed by atoms with van der Waals surface area (Å²) >= 11 is 1.39. The summed E-state index contributed by atoms with van der Waals surface area (Å²) in [7, 11) is -2.44. The summed E-state index contributed by atoms with van der Waals surface area (Å²) in [6.07, 6.45) is 1.29. The normalized spacial score (nSPS) is 19.3. The second kappa shape index (κ2) is 14.1. The molecule has 0 radical (unpaired) electrons. The summed E-state index contributed by atoms with van der Waals surface area (Å²) in [5.74, 6) is -1.97. The van der Waals surface area contributed by atoms with Crippen LogP contribution in [0, 0.1) is 0 Å². The number of carbonyl (C=O) groups is 4. The number of benzene rings is 3. The second-order valence-electron chi connectivity index (χ2n) is 10.2. The highest BCUT2D eigenvalue weighted by atomic mass is 32.2. The largest absolute Gasteiger partial charge is 0.613 e. The Labute approximate surface area is 254 Å². The molecule has 0 saturated carbocycles. The van der Waals surface area contributed by atoms with Gasteiger partial charge in [-0.25, -0.2) is 0 Å². The van der Waals surface area contributed by atoms with Gasteiger partial charge in [-0.15, -0.1) is 16.3 Å². The highest BCUT2D eigenvalue weighted by Gasteiger charge is 2.42. The first-order chi connectivity index (χ1) is 20.8. The number of amides is 3. The van der Waals surface area contributed by atoms with Gasteiger partial charge in [-0.05, 0) is 47.1 Å². The third kappa shape index (κ3) is 7.19. The Morgan fingerprint density at radius 1 is 0.953 bits per heavy atom. The van der Waals surface area contributed by atoms with Gasteiger partial charge in [-0.1, -0.05) is 77.9 Å². The standard InChI is InChI=1S/C31H30N3O7PS/c35-27(36)19-33-30(39)26(20-43-31(33)22-12-5-2-6-13-22)32-42(40)41-17-9-14-23(18-21-10-3-1-4-11-21)34-28(37)24-15-7-8-16-25(24)29(34)38/h1-8,10-13,15-16,23,26,31H,9,14,17-20H2,(H-,32,35,36,40)/p+1. The maximum atomic E-state index is 13.2. The molecule has 4 atom stereocenters. The average Bonchev–Trinajstić information content (AvgIpc) is 3.27. The first-order valence-electron chi connectivity index (χ1n) is 13.9. The number of rotatable bonds is 13. The molecule has 2 aliphatic heterocycles. The number of thioether (sulfide) groups is 1. The van der Waals surface area contributed by atoms with Crippen LogP contribution in [0.15, 0.2) is 84.9 Å². The van der Waals surface area contributed by atoms with Crippen LogP contribution in [-0.2, 0) is 25.1 Å². The zero-order valence-corrected chi connectivity index (χ0v) is 24.9. The van der Waals surface area contributed by atoms with E-state index < -0.39 is 44.1 Å². The fourth-order valence-corrected chi connectivity index (χ4v) is 7.59. The lowest BCUT2D eigenvalue weighted by Crippen LogP contribution is -2.52. The highest BCUT2D eigenvalue weighted by molar-refractivity contribution is 7.99. The number of carboxylic acids is 1. The SMILES string of the molecule is O=C(O)CN1C(=O)C(N[P+](=O)OCCCC(Cc2ccccc2)N2C(=O)c3ccccc3C2=O)CSC1c1ccccc1. The van der Waals surface area contributed by atoms with Crippen LogP contribution in [0.4, 0.5) is 0 Å². The molecule has 0 spiro atoms. The molecule has 0 bridgehead atoms. The van der Waals surface area contributed by atoms with Crippen LogP contribution in [0.25, 0.3) is 0 Å². The fourth-order valence-electron chi connectivity index (χ4n) is 5.34. The van der Waals surface area contributed by atoms with E-state index in [1.165, 1.54) is 21.6 Å². The van der Waals surface area contributed by atoms with Crippen molar-refractivity contribution < 1.29 is 33.4 Å². The van der Waals surface area contributed by atoms with Crippen molar-refractivity contribution in [3.8, 4) is 0 Å². The van der Waals surface area contributed by atoms with Gasteiger partial charge in [0.2, 0.25) is 5.91 Å². The first-order valence-corrected chi connectivity index (χ1v) is 16.1. The zero-order valence-electron chi connectivity index (χ0n) is 23.2. The minimum Gasteiger partial charge on any atom is -0.480 e.